The van der Waals surface area contributed by atoms with Gasteiger partial charge in [-0.1, -0.05) is 42.5 Å². The van der Waals surface area contributed by atoms with E-state index in [0.717, 1.165) is 35.9 Å². The molecular weight excluding hydrogens is 416 g/mol. The number of anilines is 1. The molecule has 1 aliphatic rings. The molecule has 1 fully saturated rings. The van der Waals surface area contributed by atoms with Gasteiger partial charge in [0.1, 0.15) is 11.5 Å². The number of benzene rings is 1. The van der Waals surface area contributed by atoms with E-state index in [4.69, 9.17) is 4.98 Å². The molecule has 4 heterocycles. The van der Waals surface area contributed by atoms with E-state index in [1.807, 2.05) is 54.9 Å². The number of hydrogen-bond acceptors (Lipinski definition) is 6. The van der Waals surface area contributed by atoms with Crippen molar-refractivity contribution in [2.45, 2.75) is 13.0 Å². The summed E-state index contributed by atoms with van der Waals surface area (Å²) in [6.45, 7) is 4.40. The summed E-state index contributed by atoms with van der Waals surface area (Å²) in [7, 11) is 0. The van der Waals surface area contributed by atoms with Gasteiger partial charge < -0.3 is 10.2 Å². The van der Waals surface area contributed by atoms with Crippen molar-refractivity contribution in [3.05, 3.63) is 101 Å². The highest BCUT2D eigenvalue weighted by atomic mass is 32.1. The van der Waals surface area contributed by atoms with Gasteiger partial charge >= 0.3 is 0 Å². The molecule has 1 N–H and O–H groups in total. The molecule has 1 atom stereocenters. The summed E-state index contributed by atoms with van der Waals surface area (Å²) in [6, 6.07) is 22.4. The smallest absolute Gasteiger partial charge is 0.213 e. The molecule has 0 spiro atoms. The maximum Gasteiger partial charge on any atom is 0.213 e. The Hall–Kier alpha value is -3.35. The highest BCUT2D eigenvalue weighted by molar-refractivity contribution is 7.13. The first kappa shape index (κ1) is 20.5. The van der Waals surface area contributed by atoms with Crippen LogP contribution in [0.5, 0.6) is 0 Å². The highest BCUT2D eigenvalue weighted by Gasteiger charge is 2.23. The van der Waals surface area contributed by atoms with Gasteiger partial charge in [0.25, 0.3) is 0 Å². The number of aryl methyl sites for hydroxylation is 1. The first-order chi connectivity index (χ1) is 15.7. The number of piperazine rings is 1. The van der Waals surface area contributed by atoms with Gasteiger partial charge in [-0.3, -0.25) is 9.78 Å². The molecule has 32 heavy (non-hydrogen) atoms. The third-order valence-corrected chi connectivity index (χ3v) is 6.72. The molecule has 5 nitrogen and oxygen atoms in total. The van der Waals surface area contributed by atoms with Crippen molar-refractivity contribution in [2.24, 2.45) is 0 Å². The van der Waals surface area contributed by atoms with Crippen LogP contribution >= 0.6 is 11.3 Å². The Morgan fingerprint density at radius 1 is 1.12 bits per heavy atom. The second-order valence-electron chi connectivity index (χ2n) is 7.91. The van der Waals surface area contributed by atoms with E-state index in [-0.39, 0.29) is 14.7 Å². The number of thiophene rings is 1. The van der Waals surface area contributed by atoms with E-state index < -0.39 is 0 Å². The number of aromatic nitrogens is 2. The molecule has 5 rings (SSSR count). The maximum absolute atomic E-state index is 13.4. The van der Waals surface area contributed by atoms with Crippen molar-refractivity contribution in [1.29, 1.82) is 0 Å². The van der Waals surface area contributed by atoms with Crippen LogP contribution in [-0.2, 0) is 0 Å². The molecule has 3 aromatic heterocycles. The minimum atomic E-state index is -0.0926. The molecule has 164 valence electrons. The molecule has 0 radical (unpaired) electrons. The van der Waals surface area contributed by atoms with Crippen molar-refractivity contribution in [1.82, 2.24) is 15.3 Å². The molecule has 1 unspecified atom stereocenters. The summed E-state index contributed by atoms with van der Waals surface area (Å²) < 4.78 is 0. The zero-order chi connectivity index (χ0) is 21.9. The molecule has 1 aliphatic heterocycles. The van der Waals surface area contributed by atoms with E-state index in [0.29, 0.717) is 17.0 Å². The minimum absolute atomic E-state index is 0. The summed E-state index contributed by atoms with van der Waals surface area (Å²) in [5, 5.41) is 5.61. The van der Waals surface area contributed by atoms with Crippen LogP contribution < -0.4 is 10.2 Å². The van der Waals surface area contributed by atoms with Crippen LogP contribution in [0.15, 0.2) is 78.3 Å². The van der Waals surface area contributed by atoms with Crippen LogP contribution in [0.1, 0.15) is 36.2 Å². The summed E-state index contributed by atoms with van der Waals surface area (Å²) in [6.07, 6.45) is 1.83. The lowest BCUT2D eigenvalue weighted by Gasteiger charge is -2.35. The fourth-order valence-corrected chi connectivity index (χ4v) is 4.78. The van der Waals surface area contributed by atoms with Crippen LogP contribution in [0, 0.1) is 6.92 Å². The zero-order valence-electron chi connectivity index (χ0n) is 17.9. The number of carbonyl (C=O) groups is 1. The fraction of sp³-hybridized carbons (Fsp3) is 0.192. The van der Waals surface area contributed by atoms with Gasteiger partial charge in [-0.25, -0.2) is 4.98 Å². The molecule has 0 bridgehead atoms. The van der Waals surface area contributed by atoms with Crippen molar-refractivity contribution in [3.8, 4) is 10.4 Å². The van der Waals surface area contributed by atoms with Gasteiger partial charge in [-0.15, -0.1) is 11.3 Å². The van der Waals surface area contributed by atoms with Gasteiger partial charge in [0.15, 0.2) is 0 Å². The van der Waals surface area contributed by atoms with E-state index in [1.54, 1.807) is 17.4 Å². The minimum Gasteiger partial charge on any atom is -0.353 e. The Morgan fingerprint density at radius 2 is 2.00 bits per heavy atom. The van der Waals surface area contributed by atoms with Crippen molar-refractivity contribution in [3.63, 3.8) is 0 Å². The molecule has 1 saturated heterocycles. The highest BCUT2D eigenvalue weighted by Crippen LogP contribution is 2.27. The summed E-state index contributed by atoms with van der Waals surface area (Å²) >= 11 is 1.64. The fourth-order valence-electron chi connectivity index (χ4n) is 4.07. The number of hydrogen-bond donors (Lipinski definition) is 1. The lowest BCUT2D eigenvalue weighted by molar-refractivity contribution is 0.103. The maximum atomic E-state index is 13.4. The van der Waals surface area contributed by atoms with Crippen LogP contribution in [0.2, 0.25) is 0 Å². The predicted octanol–water partition coefficient (Wildman–Crippen LogP) is 5.39. The third kappa shape index (κ3) is 4.20. The van der Waals surface area contributed by atoms with Gasteiger partial charge in [0.05, 0.1) is 0 Å². The van der Waals surface area contributed by atoms with Crippen LogP contribution in [-0.4, -0.2) is 35.4 Å². The Kier molecular flexibility index (Phi) is 5.79. The van der Waals surface area contributed by atoms with E-state index in [9.17, 15) is 4.79 Å². The van der Waals surface area contributed by atoms with E-state index in [1.165, 1.54) is 5.56 Å². The average molecular weight is 445 g/mol. The monoisotopic (exact) mass is 444 g/mol. The number of ketones is 1. The zero-order valence-corrected chi connectivity index (χ0v) is 18.7. The third-order valence-electron chi connectivity index (χ3n) is 5.81. The van der Waals surface area contributed by atoms with Crippen molar-refractivity contribution in [2.75, 3.05) is 24.5 Å². The number of carbonyl (C=O) groups excluding carboxylic acids is 1. The molecule has 0 saturated carbocycles. The van der Waals surface area contributed by atoms with Crippen LogP contribution in [0.4, 0.5) is 5.82 Å². The topological polar surface area (TPSA) is 58.1 Å². The van der Waals surface area contributed by atoms with Gasteiger partial charge in [0.2, 0.25) is 5.78 Å². The van der Waals surface area contributed by atoms with Crippen molar-refractivity contribution < 1.29 is 7.65 Å². The molecule has 6 heteroatoms. The first-order valence-corrected chi connectivity index (χ1v) is 11.6. The second kappa shape index (κ2) is 9.02. The predicted molar refractivity (Wildman–Crippen MR) is 134 cm³/mol. The second-order valence-corrected chi connectivity index (χ2v) is 8.86. The molecule has 4 aromatic rings. The normalized spacial score (nSPS) is 16.2. The SMILES string of the molecule is Cc1ncc(-c2cccs2)cc1C(=O)c1cccc(N2CCNC(c3ccccc3)C2)n1.[HH].[HH]. The first-order valence-electron chi connectivity index (χ1n) is 10.7. The largest absolute Gasteiger partial charge is 0.353 e. The summed E-state index contributed by atoms with van der Waals surface area (Å²) in [4.78, 5) is 26.0. The number of nitrogens with one attached hydrogen (secondary N) is 1. The quantitative estimate of drug-likeness (QED) is 0.418. The van der Waals surface area contributed by atoms with Crippen LogP contribution in [0.3, 0.4) is 0 Å². The van der Waals surface area contributed by atoms with E-state index >= 15 is 0 Å². The Morgan fingerprint density at radius 3 is 2.81 bits per heavy atom. The number of nitrogens with zero attached hydrogens (tertiary/aromatic N) is 3. The standard InChI is InChI=1S/C26H24N4OS.2H2/c1-18-21(15-20(16-28-18)24-10-6-14-32-24)26(31)22-9-5-11-25(29-22)30-13-12-27-23(17-30)19-7-3-2-4-8-19;;/h2-11,14-16,23,27H,12-13,17H2,1H3;2*1H. The number of pyridine rings is 2. The van der Waals surface area contributed by atoms with Crippen molar-refractivity contribution >= 4 is 22.9 Å². The molecule has 1 aromatic carbocycles. The summed E-state index contributed by atoms with van der Waals surface area (Å²) in [5.74, 6) is 0.739. The van der Waals surface area contributed by atoms with E-state index in [2.05, 4.69) is 39.5 Å². The lowest BCUT2D eigenvalue weighted by atomic mass is 10.0. The van der Waals surface area contributed by atoms with Gasteiger partial charge in [0, 0.05) is 56.4 Å². The van der Waals surface area contributed by atoms with Crippen LogP contribution in [0.25, 0.3) is 10.4 Å². The molecular formula is C26H28N4OS. The Labute approximate surface area is 194 Å². The van der Waals surface area contributed by atoms with Gasteiger partial charge in [-0.05, 0) is 42.1 Å². The Balaban J connectivity index is 0.00000162. The lowest BCUT2D eigenvalue weighted by Crippen LogP contribution is -2.46. The molecule has 0 amide bonds. The average Bonchev–Trinajstić information content (AvgIpc) is 3.40. The molecule has 0 aliphatic carbocycles. The Bertz CT molecular complexity index is 1230. The van der Waals surface area contributed by atoms with Gasteiger partial charge in [-0.2, -0.15) is 0 Å². The number of rotatable bonds is 5. The summed E-state index contributed by atoms with van der Waals surface area (Å²) in [5.41, 5.74) is 3.98.